The van der Waals surface area contributed by atoms with Crippen LogP contribution in [0.3, 0.4) is 0 Å². The number of ether oxygens (including phenoxy) is 1. The molecule has 8 heavy (non-hydrogen) atoms. The lowest BCUT2D eigenvalue weighted by Gasteiger charge is -1.90. The lowest BCUT2D eigenvalue weighted by molar-refractivity contribution is -0.134. The van der Waals surface area contributed by atoms with Gasteiger partial charge in [-0.1, -0.05) is 31.9 Å². The van der Waals surface area contributed by atoms with Crippen molar-refractivity contribution >= 4 is 37.8 Å². The summed E-state index contributed by atoms with van der Waals surface area (Å²) in [5.41, 5.74) is 0. The van der Waals surface area contributed by atoms with E-state index in [-0.39, 0.29) is 10.8 Å². The molecule has 44 valence electrons. The summed E-state index contributed by atoms with van der Waals surface area (Å²) >= 11 is 6.19. The molecule has 1 rings (SSSR count). The second-order valence-corrected chi connectivity index (χ2v) is 3.13. The average molecular weight is 242 g/mol. The Kier molecular flexibility index (Phi) is 1.72. The number of hydrogen-bond donors (Lipinski definition) is 0. The molecule has 1 aliphatic rings. The Morgan fingerprint density at radius 3 is 2.50 bits per heavy atom. The molecule has 0 radical (unpaired) electrons. The van der Waals surface area contributed by atoms with E-state index in [1.54, 1.807) is 0 Å². The maximum atomic E-state index is 10.4. The van der Waals surface area contributed by atoms with Gasteiger partial charge in [0.1, 0.15) is 11.1 Å². The maximum absolute atomic E-state index is 10.4. The predicted molar refractivity (Wildman–Crippen MR) is 35.8 cm³/mol. The molecule has 0 aromatic heterocycles. The molecule has 0 aromatic carbocycles. The van der Waals surface area contributed by atoms with Crippen LogP contribution in [-0.4, -0.2) is 10.8 Å². The van der Waals surface area contributed by atoms with E-state index in [0.717, 1.165) is 4.48 Å². The molecule has 0 saturated carbocycles. The third kappa shape index (κ3) is 0.951. The molecule has 0 bridgehead atoms. The summed E-state index contributed by atoms with van der Waals surface area (Å²) < 4.78 is 5.22. The molecule has 1 atom stereocenters. The summed E-state index contributed by atoms with van der Waals surface area (Å²) in [6.45, 7) is 0. The molecule has 0 unspecified atom stereocenters. The van der Waals surface area contributed by atoms with Crippen LogP contribution in [0.1, 0.15) is 0 Å². The zero-order valence-electron chi connectivity index (χ0n) is 3.73. The fraction of sp³-hybridized carbons (Fsp3) is 0.250. The van der Waals surface area contributed by atoms with Crippen LogP contribution >= 0.6 is 31.9 Å². The lowest BCUT2D eigenvalue weighted by atomic mass is 10.5. The number of alkyl halides is 1. The van der Waals surface area contributed by atoms with Gasteiger partial charge in [0.25, 0.3) is 0 Å². The highest BCUT2D eigenvalue weighted by atomic mass is 79.9. The Morgan fingerprint density at radius 2 is 2.38 bits per heavy atom. The van der Waals surface area contributed by atoms with E-state index < -0.39 is 0 Å². The second-order valence-electron chi connectivity index (χ2n) is 1.30. The first-order valence-electron chi connectivity index (χ1n) is 1.92. The molecule has 0 spiro atoms. The van der Waals surface area contributed by atoms with Gasteiger partial charge in [-0.25, -0.2) is 0 Å². The van der Waals surface area contributed by atoms with Gasteiger partial charge in [-0.05, 0) is 0 Å². The minimum atomic E-state index is -0.289. The van der Waals surface area contributed by atoms with Gasteiger partial charge in [0, 0.05) is 0 Å². The number of esters is 1. The van der Waals surface area contributed by atoms with Crippen molar-refractivity contribution < 1.29 is 9.53 Å². The molecule has 0 fully saturated rings. The predicted octanol–water partition coefficient (Wildman–Crippen LogP) is 1.54. The van der Waals surface area contributed by atoms with Gasteiger partial charge in [0.2, 0.25) is 0 Å². The third-order valence-corrected chi connectivity index (χ3v) is 2.86. The van der Waals surface area contributed by atoms with Gasteiger partial charge in [0.05, 0.1) is 4.48 Å². The van der Waals surface area contributed by atoms with Crippen LogP contribution in [0.4, 0.5) is 0 Å². The van der Waals surface area contributed by atoms with Crippen molar-refractivity contribution in [3.8, 4) is 0 Å². The first-order valence-corrected chi connectivity index (χ1v) is 3.63. The molecule has 0 N–H and O–H groups in total. The second kappa shape index (κ2) is 2.19. The highest BCUT2D eigenvalue weighted by Crippen LogP contribution is 2.25. The topological polar surface area (TPSA) is 26.3 Å². The SMILES string of the molecule is O=C1OC=C(Br)[C@@H]1Br. The molecule has 0 aliphatic carbocycles. The molecule has 1 heterocycles. The summed E-state index contributed by atoms with van der Waals surface area (Å²) in [5.74, 6) is -0.267. The van der Waals surface area contributed by atoms with E-state index in [2.05, 4.69) is 36.6 Å². The Hall–Kier alpha value is 0.170. The van der Waals surface area contributed by atoms with Gasteiger partial charge < -0.3 is 4.74 Å². The van der Waals surface area contributed by atoms with Gasteiger partial charge in [-0.2, -0.15) is 0 Å². The minimum Gasteiger partial charge on any atom is -0.432 e. The van der Waals surface area contributed by atoms with E-state index in [1.165, 1.54) is 6.26 Å². The number of cyclic esters (lactones) is 1. The van der Waals surface area contributed by atoms with Gasteiger partial charge in [-0.3, -0.25) is 4.79 Å². The van der Waals surface area contributed by atoms with Crippen LogP contribution in [0.25, 0.3) is 0 Å². The largest absolute Gasteiger partial charge is 0.432 e. The first kappa shape index (κ1) is 6.29. The number of rotatable bonds is 0. The van der Waals surface area contributed by atoms with E-state index >= 15 is 0 Å². The van der Waals surface area contributed by atoms with Crippen LogP contribution in [0.5, 0.6) is 0 Å². The minimum absolute atomic E-state index is 0.267. The quantitative estimate of drug-likeness (QED) is 0.475. The molecular weight excluding hydrogens is 240 g/mol. The maximum Gasteiger partial charge on any atom is 0.329 e. The Balaban J connectivity index is 2.72. The number of carbonyl (C=O) groups excluding carboxylic acids is 1. The van der Waals surface area contributed by atoms with Gasteiger partial charge >= 0.3 is 5.97 Å². The summed E-state index contributed by atoms with van der Waals surface area (Å²) in [7, 11) is 0. The molecule has 0 saturated heterocycles. The van der Waals surface area contributed by atoms with Gasteiger partial charge in [0.15, 0.2) is 0 Å². The van der Waals surface area contributed by atoms with Crippen molar-refractivity contribution in [3.05, 3.63) is 10.7 Å². The normalized spacial score (nSPS) is 27.5. The highest BCUT2D eigenvalue weighted by Gasteiger charge is 2.24. The first-order chi connectivity index (χ1) is 3.72. The molecule has 4 heteroatoms. The molecule has 1 aliphatic heterocycles. The summed E-state index contributed by atoms with van der Waals surface area (Å²) in [5, 5.41) is 0. The van der Waals surface area contributed by atoms with Crippen LogP contribution in [0.15, 0.2) is 10.7 Å². The fourth-order valence-electron chi connectivity index (χ4n) is 0.346. The Morgan fingerprint density at radius 1 is 1.75 bits per heavy atom. The Labute approximate surface area is 63.1 Å². The summed E-state index contributed by atoms with van der Waals surface area (Å²) in [4.78, 5) is 10.1. The van der Waals surface area contributed by atoms with Crippen molar-refractivity contribution in [2.75, 3.05) is 0 Å². The van der Waals surface area contributed by atoms with Gasteiger partial charge in [-0.15, -0.1) is 0 Å². The number of halogens is 2. The third-order valence-electron chi connectivity index (χ3n) is 0.737. The molecule has 2 nitrogen and oxygen atoms in total. The van der Waals surface area contributed by atoms with E-state index in [4.69, 9.17) is 0 Å². The zero-order valence-corrected chi connectivity index (χ0v) is 6.90. The molecular formula is C4H2Br2O2. The lowest BCUT2D eigenvalue weighted by Crippen LogP contribution is -2.07. The smallest absolute Gasteiger partial charge is 0.329 e. The van der Waals surface area contributed by atoms with Crippen LogP contribution < -0.4 is 0 Å². The van der Waals surface area contributed by atoms with E-state index in [9.17, 15) is 4.79 Å². The van der Waals surface area contributed by atoms with Crippen LogP contribution in [0, 0.1) is 0 Å². The van der Waals surface area contributed by atoms with Crippen molar-refractivity contribution in [2.24, 2.45) is 0 Å². The average Bonchev–Trinajstić information content (AvgIpc) is 1.98. The van der Waals surface area contributed by atoms with E-state index in [1.807, 2.05) is 0 Å². The van der Waals surface area contributed by atoms with Crippen molar-refractivity contribution in [1.82, 2.24) is 0 Å². The van der Waals surface area contributed by atoms with Crippen molar-refractivity contribution in [2.45, 2.75) is 4.83 Å². The standard InChI is InChI=1S/C4H2Br2O2/c5-2-1-8-4(7)3(2)6/h1,3H/t3-/m0/s1. The van der Waals surface area contributed by atoms with Crippen molar-refractivity contribution in [3.63, 3.8) is 0 Å². The number of hydrogen-bond acceptors (Lipinski definition) is 2. The monoisotopic (exact) mass is 240 g/mol. The van der Waals surface area contributed by atoms with Crippen molar-refractivity contribution in [1.29, 1.82) is 0 Å². The fourth-order valence-corrected chi connectivity index (χ4v) is 0.843. The molecule has 0 amide bonds. The summed E-state index contributed by atoms with van der Waals surface area (Å²) in [6, 6.07) is 0. The van der Waals surface area contributed by atoms with E-state index in [0.29, 0.717) is 0 Å². The van der Waals surface area contributed by atoms with Crippen LogP contribution in [0.2, 0.25) is 0 Å². The van der Waals surface area contributed by atoms with Crippen LogP contribution in [-0.2, 0) is 9.53 Å². The molecule has 0 aromatic rings. The zero-order chi connectivity index (χ0) is 6.15. The summed E-state index contributed by atoms with van der Waals surface area (Å²) in [6.07, 6.45) is 1.38. The Bertz CT molecular complexity index is 152. The number of carbonyl (C=O) groups is 1. The highest BCUT2D eigenvalue weighted by molar-refractivity contribution is 9.14.